The van der Waals surface area contributed by atoms with Gasteiger partial charge in [0.1, 0.15) is 0 Å². The van der Waals surface area contributed by atoms with Gasteiger partial charge in [0, 0.05) is 45.3 Å². The largest absolute Gasteiger partial charge is 0.368 e. The van der Waals surface area contributed by atoms with Crippen LogP contribution in [-0.2, 0) is 20.9 Å². The first-order valence-corrected chi connectivity index (χ1v) is 9.68. The van der Waals surface area contributed by atoms with Crippen LogP contribution in [0, 0.1) is 5.92 Å². The molecule has 0 spiro atoms. The number of nitrogens with two attached hydrogens (primary N) is 1. The average molecular weight is 462 g/mol. The van der Waals surface area contributed by atoms with E-state index in [-0.39, 0.29) is 55.0 Å². The maximum atomic E-state index is 12.1. The first-order chi connectivity index (χ1) is 13.3. The first-order valence-electron chi connectivity index (χ1n) is 9.68. The summed E-state index contributed by atoms with van der Waals surface area (Å²) in [5, 5.41) is 5.41. The van der Waals surface area contributed by atoms with Gasteiger partial charge in [0.25, 0.3) is 0 Å². The van der Waals surface area contributed by atoms with Crippen LogP contribution in [0.1, 0.15) is 26.3 Å². The topological polar surface area (TPSA) is 108 Å². The molecule has 0 saturated carbocycles. The Balaban J connectivity index is 0.00000420. The van der Waals surface area contributed by atoms with Crippen LogP contribution in [0.2, 0.25) is 0 Å². The van der Waals surface area contributed by atoms with Crippen LogP contribution in [-0.4, -0.2) is 61.4 Å². The molecule has 4 N–H and O–H groups in total. The molecule has 0 aliphatic carbocycles. The highest BCUT2D eigenvalue weighted by Gasteiger charge is 2.21. The predicted molar refractivity (Wildman–Crippen MR) is 123 cm³/mol. The Hall–Kier alpha value is -2.03. The number of halogens is 2. The SMILES string of the molecule is CC(=O)N1CCN(c2ccccc2CNC(=O)CNC(=O)[C@@H](N)C(C)C)CC1.Cl.Cl. The van der Waals surface area contributed by atoms with Gasteiger partial charge in [0.05, 0.1) is 12.6 Å². The number of hydrogen-bond donors (Lipinski definition) is 3. The molecule has 0 unspecified atom stereocenters. The maximum absolute atomic E-state index is 12.1. The third-order valence-corrected chi connectivity index (χ3v) is 4.98. The number of hydrogen-bond acceptors (Lipinski definition) is 5. The summed E-state index contributed by atoms with van der Waals surface area (Å²) in [7, 11) is 0. The summed E-state index contributed by atoms with van der Waals surface area (Å²) in [6.07, 6.45) is 0. The number of para-hydroxylation sites is 1. The third kappa shape index (κ3) is 8.01. The predicted octanol–water partition coefficient (Wildman–Crippen LogP) is 0.914. The van der Waals surface area contributed by atoms with Crippen molar-refractivity contribution in [2.24, 2.45) is 11.7 Å². The van der Waals surface area contributed by atoms with Crippen molar-refractivity contribution in [3.05, 3.63) is 29.8 Å². The summed E-state index contributed by atoms with van der Waals surface area (Å²) in [4.78, 5) is 39.5. The lowest BCUT2D eigenvalue weighted by Gasteiger charge is -2.36. The Morgan fingerprint density at radius 3 is 2.20 bits per heavy atom. The first kappa shape index (κ1) is 28.0. The van der Waals surface area contributed by atoms with Crippen LogP contribution in [0.3, 0.4) is 0 Å². The van der Waals surface area contributed by atoms with Crippen LogP contribution in [0.5, 0.6) is 0 Å². The molecule has 1 aromatic carbocycles. The molecule has 30 heavy (non-hydrogen) atoms. The fourth-order valence-corrected chi connectivity index (χ4v) is 3.08. The maximum Gasteiger partial charge on any atom is 0.239 e. The van der Waals surface area contributed by atoms with Crippen LogP contribution < -0.4 is 21.3 Å². The van der Waals surface area contributed by atoms with Gasteiger partial charge in [-0.15, -0.1) is 24.8 Å². The molecule has 2 rings (SSSR count). The molecule has 10 heteroatoms. The summed E-state index contributed by atoms with van der Waals surface area (Å²) in [6, 6.07) is 7.27. The lowest BCUT2D eigenvalue weighted by molar-refractivity contribution is -0.129. The van der Waals surface area contributed by atoms with Gasteiger partial charge in [0.2, 0.25) is 17.7 Å². The quantitative estimate of drug-likeness (QED) is 0.559. The second kappa shape index (κ2) is 13.3. The second-order valence-corrected chi connectivity index (χ2v) is 7.39. The molecular formula is C20H33Cl2N5O3. The minimum absolute atomic E-state index is 0. The highest BCUT2D eigenvalue weighted by Crippen LogP contribution is 2.21. The molecule has 8 nitrogen and oxygen atoms in total. The molecule has 3 amide bonds. The van der Waals surface area contributed by atoms with Crippen molar-refractivity contribution in [2.75, 3.05) is 37.6 Å². The van der Waals surface area contributed by atoms with E-state index < -0.39 is 6.04 Å². The molecule has 0 bridgehead atoms. The van der Waals surface area contributed by atoms with E-state index in [1.807, 2.05) is 43.0 Å². The van der Waals surface area contributed by atoms with Gasteiger partial charge in [-0.2, -0.15) is 0 Å². The van der Waals surface area contributed by atoms with Crippen molar-refractivity contribution in [1.82, 2.24) is 15.5 Å². The number of nitrogens with one attached hydrogen (secondary N) is 2. The van der Waals surface area contributed by atoms with E-state index >= 15 is 0 Å². The lowest BCUT2D eigenvalue weighted by atomic mass is 10.1. The Kier molecular flexibility index (Phi) is 12.4. The number of carbonyl (C=O) groups excluding carboxylic acids is 3. The van der Waals surface area contributed by atoms with Crippen LogP contribution in [0.4, 0.5) is 5.69 Å². The highest BCUT2D eigenvalue weighted by molar-refractivity contribution is 5.87. The van der Waals surface area contributed by atoms with Crippen molar-refractivity contribution in [3.8, 4) is 0 Å². The summed E-state index contributed by atoms with van der Waals surface area (Å²) in [5.74, 6) is -0.479. The molecule has 1 aromatic rings. The minimum Gasteiger partial charge on any atom is -0.368 e. The summed E-state index contributed by atoms with van der Waals surface area (Å²) < 4.78 is 0. The third-order valence-electron chi connectivity index (χ3n) is 4.98. The van der Waals surface area contributed by atoms with Gasteiger partial charge in [-0.25, -0.2) is 0 Å². The monoisotopic (exact) mass is 461 g/mol. The van der Waals surface area contributed by atoms with Crippen molar-refractivity contribution in [1.29, 1.82) is 0 Å². The van der Waals surface area contributed by atoms with Crippen LogP contribution >= 0.6 is 24.8 Å². The molecule has 0 aromatic heterocycles. The van der Waals surface area contributed by atoms with Gasteiger partial charge in [-0.1, -0.05) is 32.0 Å². The van der Waals surface area contributed by atoms with Gasteiger partial charge in [-0.05, 0) is 17.5 Å². The molecule has 1 aliphatic rings. The molecule has 1 saturated heterocycles. The second-order valence-electron chi connectivity index (χ2n) is 7.39. The van der Waals surface area contributed by atoms with Crippen molar-refractivity contribution < 1.29 is 14.4 Å². The van der Waals surface area contributed by atoms with Gasteiger partial charge >= 0.3 is 0 Å². The van der Waals surface area contributed by atoms with E-state index in [1.165, 1.54) is 0 Å². The van der Waals surface area contributed by atoms with Gasteiger partial charge in [0.15, 0.2) is 0 Å². The molecule has 1 heterocycles. The number of anilines is 1. The van der Waals surface area contributed by atoms with Gasteiger partial charge in [-0.3, -0.25) is 14.4 Å². The molecule has 170 valence electrons. The number of rotatable bonds is 7. The summed E-state index contributed by atoms with van der Waals surface area (Å²) in [5.41, 5.74) is 7.82. The molecule has 0 radical (unpaired) electrons. The number of carbonyl (C=O) groups is 3. The highest BCUT2D eigenvalue weighted by atomic mass is 35.5. The Morgan fingerprint density at radius 2 is 1.63 bits per heavy atom. The van der Waals surface area contributed by atoms with Crippen molar-refractivity contribution in [2.45, 2.75) is 33.4 Å². The van der Waals surface area contributed by atoms with E-state index in [0.29, 0.717) is 19.6 Å². The van der Waals surface area contributed by atoms with Gasteiger partial charge < -0.3 is 26.2 Å². The fraction of sp³-hybridized carbons (Fsp3) is 0.550. The van der Waals surface area contributed by atoms with Crippen LogP contribution in [0.15, 0.2) is 24.3 Å². The number of nitrogens with zero attached hydrogens (tertiary/aromatic N) is 2. The van der Waals surface area contributed by atoms with Crippen molar-refractivity contribution in [3.63, 3.8) is 0 Å². The Bertz CT molecular complexity index is 709. The number of benzene rings is 1. The zero-order chi connectivity index (χ0) is 20.7. The normalized spacial score (nSPS) is 14.3. The Morgan fingerprint density at radius 1 is 1.03 bits per heavy atom. The Labute approximate surface area is 190 Å². The molecule has 1 aliphatic heterocycles. The lowest BCUT2D eigenvalue weighted by Crippen LogP contribution is -2.48. The minimum atomic E-state index is -0.623. The average Bonchev–Trinajstić information content (AvgIpc) is 2.70. The fourth-order valence-electron chi connectivity index (χ4n) is 3.08. The molecule has 1 atom stereocenters. The van der Waals surface area contributed by atoms with Crippen molar-refractivity contribution >= 4 is 48.2 Å². The summed E-state index contributed by atoms with van der Waals surface area (Å²) in [6.45, 7) is 8.48. The number of piperazine rings is 1. The van der Waals surface area contributed by atoms with E-state index in [9.17, 15) is 14.4 Å². The zero-order valence-electron chi connectivity index (χ0n) is 17.7. The van der Waals surface area contributed by atoms with E-state index in [2.05, 4.69) is 15.5 Å². The molecule has 1 fully saturated rings. The van der Waals surface area contributed by atoms with E-state index in [4.69, 9.17) is 5.73 Å². The van der Waals surface area contributed by atoms with Crippen LogP contribution in [0.25, 0.3) is 0 Å². The smallest absolute Gasteiger partial charge is 0.239 e. The van der Waals surface area contributed by atoms with E-state index in [1.54, 1.807) is 6.92 Å². The molecular weight excluding hydrogens is 429 g/mol. The zero-order valence-corrected chi connectivity index (χ0v) is 19.4. The van der Waals surface area contributed by atoms with E-state index in [0.717, 1.165) is 24.3 Å². The standard InChI is InChI=1S/C20H31N5O3.2ClH/c1-14(2)19(21)20(28)23-13-18(27)22-12-16-6-4-5-7-17(16)25-10-8-24(9-11-25)15(3)26;;/h4-7,14,19H,8-13,21H2,1-3H3,(H,22,27)(H,23,28);2*1H/t19-;;/m0../s1. The summed E-state index contributed by atoms with van der Waals surface area (Å²) >= 11 is 0. The number of amides is 3.